The van der Waals surface area contributed by atoms with E-state index in [0.29, 0.717) is 5.92 Å². The summed E-state index contributed by atoms with van der Waals surface area (Å²) in [5.41, 5.74) is 20.2. The van der Waals surface area contributed by atoms with E-state index < -0.39 is 24.3 Å². The fraction of sp³-hybridized carbons (Fsp3) is 0.542. The molecule has 0 bridgehead atoms. The van der Waals surface area contributed by atoms with Crippen LogP contribution < -0.4 is 59.7 Å². The maximum Gasteiger partial charge on any atom is -0.147 e. The number of nitrogens with zero attached hydrogens (tertiary/aromatic N) is 9. The summed E-state index contributed by atoms with van der Waals surface area (Å²) in [7, 11) is 40.2. The Bertz CT molecular complexity index is 1960. The van der Waals surface area contributed by atoms with Crippen molar-refractivity contribution in [3.05, 3.63) is 55.5 Å². The average molecular weight is 968 g/mol. The molecule has 1 aliphatic carbocycles. The second-order valence-electron chi connectivity index (χ2n) is 18.8. The van der Waals surface area contributed by atoms with Crippen LogP contribution in [0.2, 0.25) is 0 Å². The minimum atomic E-state index is -3.21. The predicted molar refractivity (Wildman–Crippen MR) is 289 cm³/mol. The largest absolute Gasteiger partial charge is 0.147 e. The van der Waals surface area contributed by atoms with Crippen molar-refractivity contribution in [1.29, 1.82) is 0 Å². The molecule has 1 aliphatic rings. The number of hydrogen-bond donors (Lipinski definition) is 0. The smallest absolute Gasteiger partial charge is 0.147 e. The SMILES string of the molecule is CC1=C(C)C(C)[C]([Ti][Si](c2c(N(C)C)cc(N(C)C)c(N(C)C)c2C)(c2c(N(C)C)cc(N(C)C)c(N(C)C)c2C)c2c(N(C)C)cc(N(C)C)c(N(C)C)c2C)=C1C.Cl.Cl.Cl. The van der Waals surface area contributed by atoms with E-state index in [4.69, 9.17) is 0 Å². The minimum absolute atomic E-state index is 0. The third kappa shape index (κ3) is 9.72. The predicted octanol–water partition coefficient (Wildman–Crippen LogP) is 7.78. The summed E-state index contributed by atoms with van der Waals surface area (Å²) in [6.07, 6.45) is 0. The molecule has 0 N–H and O–H groups in total. The summed E-state index contributed by atoms with van der Waals surface area (Å²) in [6.45, 7) is 17.0. The van der Waals surface area contributed by atoms with Gasteiger partial charge in [-0.05, 0) is 0 Å². The van der Waals surface area contributed by atoms with Gasteiger partial charge >= 0.3 is 372 Å². The quantitative estimate of drug-likeness (QED) is 0.119. The zero-order valence-electron chi connectivity index (χ0n) is 43.1. The Balaban J connectivity index is 0.00000641. The monoisotopic (exact) mass is 966 g/mol. The molecule has 0 fully saturated rings. The number of anilines is 9. The van der Waals surface area contributed by atoms with Crippen molar-refractivity contribution in [2.75, 3.05) is 171 Å². The van der Waals surface area contributed by atoms with Crippen molar-refractivity contribution in [3.63, 3.8) is 0 Å². The van der Waals surface area contributed by atoms with Gasteiger partial charge in [0.05, 0.1) is 0 Å². The molecule has 14 heteroatoms. The molecule has 0 saturated carbocycles. The van der Waals surface area contributed by atoms with Gasteiger partial charge in [0.25, 0.3) is 0 Å². The molecule has 0 saturated heterocycles. The second kappa shape index (κ2) is 21.4. The van der Waals surface area contributed by atoms with Crippen LogP contribution in [0.3, 0.4) is 0 Å². The molecule has 3 aromatic rings. The molecule has 1 atom stereocenters. The molecule has 0 heterocycles. The van der Waals surface area contributed by atoms with Crippen LogP contribution in [-0.2, 0) is 18.4 Å². The van der Waals surface area contributed by atoms with Crippen molar-refractivity contribution in [2.45, 2.75) is 48.5 Å². The molecule has 348 valence electrons. The summed E-state index contributed by atoms with van der Waals surface area (Å²) < 4.78 is 1.69. The Morgan fingerprint density at radius 2 is 0.613 bits per heavy atom. The average Bonchev–Trinajstić information content (AvgIpc) is 3.29. The molecular weight excluding hydrogens is 885 g/mol. The Kier molecular flexibility index (Phi) is 19.7. The molecular formula is C48H82Cl3N9SiTi. The van der Waals surface area contributed by atoms with Crippen molar-refractivity contribution in [3.8, 4) is 0 Å². The Morgan fingerprint density at radius 3 is 0.790 bits per heavy atom. The first-order chi connectivity index (χ1) is 27.2. The minimum Gasteiger partial charge on any atom is -0.147 e. The van der Waals surface area contributed by atoms with E-state index in [1.54, 1.807) is 3.88 Å². The van der Waals surface area contributed by atoms with Gasteiger partial charge in [-0.2, -0.15) is 0 Å². The van der Waals surface area contributed by atoms with Crippen molar-refractivity contribution < 1.29 is 18.4 Å². The molecule has 0 amide bonds. The Hall–Kier alpha value is -2.86. The standard InChI is InChI=1S/C39H66N9Si.C9H13.3ClH.Ti/c1-25-34(46(16)17)28(40(4)5)22-31(43(10)11)37(25)49(38-26(2)35(47(18)19)29(41(6)7)23-32(38)44(12)13)39-27(3)36(48(20)21)30(42(8)9)24-33(39)45(14)15;1-6-5-7(2)9(4)8(6)3;;;;/h22-24H,1-21H3;6H,1-4H3;3*1H;. The number of rotatable bonds is 14. The van der Waals surface area contributed by atoms with Gasteiger partial charge in [-0.15, -0.1) is 37.2 Å². The molecule has 4 rings (SSSR count). The van der Waals surface area contributed by atoms with Gasteiger partial charge in [0.15, 0.2) is 0 Å². The summed E-state index contributed by atoms with van der Waals surface area (Å²) in [5, 5.41) is 4.61. The van der Waals surface area contributed by atoms with Crippen LogP contribution in [0.1, 0.15) is 44.4 Å². The van der Waals surface area contributed by atoms with E-state index >= 15 is 0 Å². The zero-order valence-corrected chi connectivity index (χ0v) is 48.1. The summed E-state index contributed by atoms with van der Waals surface area (Å²) in [5.74, 6) is -2.83. The van der Waals surface area contributed by atoms with Gasteiger partial charge in [0.2, 0.25) is 0 Å². The Labute approximate surface area is 406 Å². The molecule has 1 unspecified atom stereocenters. The first-order valence-corrected chi connectivity index (χ1v) is 26.1. The van der Waals surface area contributed by atoms with Crippen LogP contribution in [-0.4, -0.2) is 133 Å². The van der Waals surface area contributed by atoms with E-state index in [-0.39, 0.29) is 37.2 Å². The van der Waals surface area contributed by atoms with Crippen molar-refractivity contribution in [2.24, 2.45) is 5.92 Å². The van der Waals surface area contributed by atoms with E-state index in [1.165, 1.54) is 100 Å². The Morgan fingerprint density at radius 1 is 0.371 bits per heavy atom. The van der Waals surface area contributed by atoms with Crippen LogP contribution in [0.5, 0.6) is 0 Å². The van der Waals surface area contributed by atoms with Crippen LogP contribution in [0.25, 0.3) is 0 Å². The van der Waals surface area contributed by atoms with Gasteiger partial charge < -0.3 is 0 Å². The van der Waals surface area contributed by atoms with Crippen LogP contribution in [0.4, 0.5) is 51.2 Å². The van der Waals surface area contributed by atoms with E-state index in [2.05, 4.69) is 238 Å². The first-order valence-electron chi connectivity index (χ1n) is 20.9. The zero-order chi connectivity index (χ0) is 45.1. The third-order valence-corrected chi connectivity index (χ3v) is 25.4. The second-order valence-corrected chi connectivity index (χ2v) is 27.6. The van der Waals surface area contributed by atoms with E-state index in [0.717, 1.165) is 0 Å². The van der Waals surface area contributed by atoms with E-state index in [9.17, 15) is 0 Å². The van der Waals surface area contributed by atoms with Crippen LogP contribution >= 0.6 is 37.2 Å². The summed E-state index contributed by atoms with van der Waals surface area (Å²) in [4.78, 5) is 21.3. The van der Waals surface area contributed by atoms with Gasteiger partial charge in [0.1, 0.15) is 0 Å². The maximum absolute atomic E-state index is 3.21. The van der Waals surface area contributed by atoms with Gasteiger partial charge in [0, 0.05) is 0 Å². The maximum atomic E-state index is 2.51. The van der Waals surface area contributed by atoms with Crippen LogP contribution in [0, 0.1) is 26.7 Å². The number of halogens is 3. The third-order valence-electron chi connectivity index (χ3n) is 12.8. The number of allylic oxidation sites excluding steroid dienone is 4. The molecule has 9 nitrogen and oxygen atoms in total. The van der Waals surface area contributed by atoms with Crippen molar-refractivity contribution >= 4 is 110 Å². The van der Waals surface area contributed by atoms with Gasteiger partial charge in [-0.25, -0.2) is 0 Å². The molecule has 0 radical (unpaired) electrons. The first kappa shape index (κ1) is 57.2. The molecule has 0 aromatic heterocycles. The van der Waals surface area contributed by atoms with Gasteiger partial charge in [-0.1, -0.05) is 0 Å². The molecule has 3 aromatic carbocycles. The summed E-state index contributed by atoms with van der Waals surface area (Å²) >= 11 is -0.985. The van der Waals surface area contributed by atoms with E-state index in [1.807, 2.05) is 0 Å². The van der Waals surface area contributed by atoms with Gasteiger partial charge in [-0.3, -0.25) is 0 Å². The molecule has 0 spiro atoms. The topological polar surface area (TPSA) is 29.2 Å². The van der Waals surface area contributed by atoms with Crippen LogP contribution in [0.15, 0.2) is 38.8 Å². The molecule has 62 heavy (non-hydrogen) atoms. The van der Waals surface area contributed by atoms with Crippen molar-refractivity contribution in [1.82, 2.24) is 0 Å². The number of hydrogen-bond acceptors (Lipinski definition) is 9. The fourth-order valence-corrected chi connectivity index (χ4v) is 26.5. The molecule has 0 aliphatic heterocycles. The normalized spacial score (nSPS) is 13.5. The summed E-state index contributed by atoms with van der Waals surface area (Å²) in [6, 6.07) is 7.53. The fourth-order valence-electron chi connectivity index (χ4n) is 9.84. The number of benzene rings is 3.